The van der Waals surface area contributed by atoms with E-state index in [1.54, 1.807) is 11.1 Å². The van der Waals surface area contributed by atoms with Crippen LogP contribution in [-0.2, 0) is 0 Å². The first-order valence-electron chi connectivity index (χ1n) is 4.76. The predicted molar refractivity (Wildman–Crippen MR) is 50.6 cm³/mol. The maximum atomic E-state index is 2.35. The first kappa shape index (κ1) is 8.83. The van der Waals surface area contributed by atoms with Crippen molar-refractivity contribution in [3.05, 3.63) is 11.1 Å². The Labute approximate surface area is 70.7 Å². The summed E-state index contributed by atoms with van der Waals surface area (Å²) in [5.74, 6) is 1.85. The monoisotopic (exact) mass is 152 g/mol. The Bertz CT molecular complexity index is 159. The van der Waals surface area contributed by atoms with Crippen LogP contribution < -0.4 is 0 Å². The van der Waals surface area contributed by atoms with E-state index < -0.39 is 0 Å². The van der Waals surface area contributed by atoms with E-state index in [1.165, 1.54) is 19.3 Å². The molecule has 1 aliphatic rings. The molecule has 1 unspecified atom stereocenters. The summed E-state index contributed by atoms with van der Waals surface area (Å²) in [4.78, 5) is 0. The lowest BCUT2D eigenvalue weighted by molar-refractivity contribution is 0.401. The second-order valence-corrected chi connectivity index (χ2v) is 4.35. The van der Waals surface area contributed by atoms with Crippen LogP contribution in [0.15, 0.2) is 11.1 Å². The molecule has 0 aromatic carbocycles. The van der Waals surface area contributed by atoms with Crippen molar-refractivity contribution in [3.63, 3.8) is 0 Å². The SMILES string of the molecule is CC(C)=C1CCC(C(C)C)C1. The Balaban J connectivity index is 2.54. The van der Waals surface area contributed by atoms with Gasteiger partial charge in [0, 0.05) is 0 Å². The molecule has 0 radical (unpaired) electrons. The second-order valence-electron chi connectivity index (χ2n) is 4.35. The van der Waals surface area contributed by atoms with Crippen molar-refractivity contribution in [1.82, 2.24) is 0 Å². The number of allylic oxidation sites excluding steroid dienone is 2. The lowest BCUT2D eigenvalue weighted by Gasteiger charge is -2.12. The Kier molecular flexibility index (Phi) is 2.75. The molecule has 0 aromatic heterocycles. The van der Waals surface area contributed by atoms with Crippen molar-refractivity contribution in [2.24, 2.45) is 11.8 Å². The van der Waals surface area contributed by atoms with E-state index in [4.69, 9.17) is 0 Å². The molecule has 1 saturated carbocycles. The van der Waals surface area contributed by atoms with Gasteiger partial charge < -0.3 is 0 Å². The zero-order valence-corrected chi connectivity index (χ0v) is 8.28. The molecule has 1 atom stereocenters. The number of hydrogen-bond donors (Lipinski definition) is 0. The molecule has 1 rings (SSSR count). The van der Waals surface area contributed by atoms with Crippen molar-refractivity contribution in [3.8, 4) is 0 Å². The standard InChI is InChI=1S/C11H20/c1-8(2)10-5-6-11(7-10)9(3)4/h8,10H,5-7H2,1-4H3. The van der Waals surface area contributed by atoms with Crippen LogP contribution in [0.2, 0.25) is 0 Å². The fourth-order valence-corrected chi connectivity index (χ4v) is 1.90. The van der Waals surface area contributed by atoms with Gasteiger partial charge in [0.25, 0.3) is 0 Å². The van der Waals surface area contributed by atoms with Gasteiger partial charge in [0.05, 0.1) is 0 Å². The lowest BCUT2D eigenvalue weighted by atomic mass is 9.94. The summed E-state index contributed by atoms with van der Waals surface area (Å²) in [6.45, 7) is 9.19. The van der Waals surface area contributed by atoms with Gasteiger partial charge in [0.2, 0.25) is 0 Å². The molecule has 1 aliphatic carbocycles. The smallest absolute Gasteiger partial charge is 0.0287 e. The molecular weight excluding hydrogens is 132 g/mol. The lowest BCUT2D eigenvalue weighted by Crippen LogP contribution is -2.02. The molecule has 1 fully saturated rings. The summed E-state index contributed by atoms with van der Waals surface area (Å²) in [6.07, 6.45) is 4.17. The van der Waals surface area contributed by atoms with E-state index in [-0.39, 0.29) is 0 Å². The summed E-state index contributed by atoms with van der Waals surface area (Å²) < 4.78 is 0. The zero-order chi connectivity index (χ0) is 8.43. The third kappa shape index (κ3) is 2.08. The van der Waals surface area contributed by atoms with E-state index in [0.29, 0.717) is 0 Å². The first-order valence-corrected chi connectivity index (χ1v) is 4.76. The van der Waals surface area contributed by atoms with Crippen LogP contribution in [0.5, 0.6) is 0 Å². The Hall–Kier alpha value is -0.260. The number of hydrogen-bond acceptors (Lipinski definition) is 0. The zero-order valence-electron chi connectivity index (χ0n) is 8.28. The van der Waals surface area contributed by atoms with E-state index in [9.17, 15) is 0 Å². The van der Waals surface area contributed by atoms with Crippen molar-refractivity contribution in [1.29, 1.82) is 0 Å². The molecule has 0 aliphatic heterocycles. The quantitative estimate of drug-likeness (QED) is 0.502. The van der Waals surface area contributed by atoms with Crippen LogP contribution in [0.1, 0.15) is 47.0 Å². The molecule has 0 saturated heterocycles. The van der Waals surface area contributed by atoms with E-state index in [1.807, 2.05) is 0 Å². The summed E-state index contributed by atoms with van der Waals surface area (Å²) in [7, 11) is 0. The van der Waals surface area contributed by atoms with Crippen LogP contribution in [0, 0.1) is 11.8 Å². The minimum atomic E-state index is 0.881. The molecule has 0 aromatic rings. The van der Waals surface area contributed by atoms with Crippen molar-refractivity contribution >= 4 is 0 Å². The topological polar surface area (TPSA) is 0 Å². The fourth-order valence-electron chi connectivity index (χ4n) is 1.90. The Morgan fingerprint density at radius 1 is 1.36 bits per heavy atom. The van der Waals surface area contributed by atoms with Gasteiger partial charge >= 0.3 is 0 Å². The maximum absolute atomic E-state index is 2.35. The minimum Gasteiger partial charge on any atom is -0.0772 e. The summed E-state index contributed by atoms with van der Waals surface area (Å²) in [5, 5.41) is 0. The third-order valence-corrected chi connectivity index (χ3v) is 2.98. The van der Waals surface area contributed by atoms with E-state index >= 15 is 0 Å². The third-order valence-electron chi connectivity index (χ3n) is 2.98. The van der Waals surface area contributed by atoms with Gasteiger partial charge in [-0.25, -0.2) is 0 Å². The van der Waals surface area contributed by atoms with Crippen molar-refractivity contribution in [2.45, 2.75) is 47.0 Å². The molecule has 0 spiro atoms. The number of rotatable bonds is 1. The average molecular weight is 152 g/mol. The molecule has 0 heterocycles. The van der Waals surface area contributed by atoms with Gasteiger partial charge in [-0.1, -0.05) is 25.0 Å². The molecule has 0 nitrogen and oxygen atoms in total. The van der Waals surface area contributed by atoms with Crippen LogP contribution in [-0.4, -0.2) is 0 Å². The highest BCUT2D eigenvalue weighted by atomic mass is 14.3. The van der Waals surface area contributed by atoms with Gasteiger partial charge in [-0.3, -0.25) is 0 Å². The molecule has 11 heavy (non-hydrogen) atoms. The van der Waals surface area contributed by atoms with Crippen molar-refractivity contribution in [2.75, 3.05) is 0 Å². The minimum absolute atomic E-state index is 0.881. The van der Waals surface area contributed by atoms with Crippen LogP contribution in [0.4, 0.5) is 0 Å². The van der Waals surface area contributed by atoms with Gasteiger partial charge in [0.15, 0.2) is 0 Å². The van der Waals surface area contributed by atoms with E-state index in [2.05, 4.69) is 27.7 Å². The average Bonchev–Trinajstić information content (AvgIpc) is 2.33. The molecule has 0 bridgehead atoms. The van der Waals surface area contributed by atoms with Crippen LogP contribution >= 0.6 is 0 Å². The van der Waals surface area contributed by atoms with Gasteiger partial charge in [0.1, 0.15) is 0 Å². The van der Waals surface area contributed by atoms with Crippen LogP contribution in [0.25, 0.3) is 0 Å². The summed E-state index contributed by atoms with van der Waals surface area (Å²) in [5.41, 5.74) is 3.29. The van der Waals surface area contributed by atoms with E-state index in [0.717, 1.165) is 11.8 Å². The second kappa shape index (κ2) is 3.42. The molecule has 0 N–H and O–H groups in total. The van der Waals surface area contributed by atoms with Crippen molar-refractivity contribution < 1.29 is 0 Å². The van der Waals surface area contributed by atoms with Gasteiger partial charge in [-0.05, 0) is 44.9 Å². The Morgan fingerprint density at radius 3 is 2.27 bits per heavy atom. The normalized spacial score (nSPS) is 24.8. The first-order chi connectivity index (χ1) is 5.11. The Morgan fingerprint density at radius 2 is 2.00 bits per heavy atom. The van der Waals surface area contributed by atoms with Gasteiger partial charge in [-0.2, -0.15) is 0 Å². The molecule has 0 heteroatoms. The largest absolute Gasteiger partial charge is 0.0772 e. The summed E-state index contributed by atoms with van der Waals surface area (Å²) >= 11 is 0. The highest BCUT2D eigenvalue weighted by Gasteiger charge is 2.22. The van der Waals surface area contributed by atoms with Crippen LogP contribution in [0.3, 0.4) is 0 Å². The maximum Gasteiger partial charge on any atom is -0.0287 e. The molecule has 64 valence electrons. The highest BCUT2D eigenvalue weighted by molar-refractivity contribution is 5.14. The summed E-state index contributed by atoms with van der Waals surface area (Å²) in [6, 6.07) is 0. The fraction of sp³-hybridized carbons (Fsp3) is 0.818. The molecular formula is C11H20. The molecule has 0 amide bonds. The predicted octanol–water partition coefficient (Wildman–Crippen LogP) is 3.78. The van der Waals surface area contributed by atoms with Gasteiger partial charge in [-0.15, -0.1) is 0 Å². The highest BCUT2D eigenvalue weighted by Crippen LogP contribution is 2.36.